The summed E-state index contributed by atoms with van der Waals surface area (Å²) in [6.45, 7) is 8.08. The highest BCUT2D eigenvalue weighted by molar-refractivity contribution is 5.31. The topological polar surface area (TPSA) is 54.3 Å². The van der Waals surface area contributed by atoms with Gasteiger partial charge in [-0.2, -0.15) is 5.26 Å². The van der Waals surface area contributed by atoms with Crippen LogP contribution < -0.4 is 14.8 Å². The Balaban J connectivity index is 2.23. The molecule has 1 rings (SSSR count). The molecular weight excluding hydrogens is 264 g/mol. The maximum absolute atomic E-state index is 9.17. The molecule has 0 aliphatic carbocycles. The summed E-state index contributed by atoms with van der Waals surface area (Å²) in [5, 5.41) is 12.4. The number of unbranched alkanes of at least 4 members (excludes halogenated alkanes) is 1. The number of ether oxygens (including phenoxy) is 2. The van der Waals surface area contributed by atoms with Gasteiger partial charge in [-0.25, -0.2) is 0 Å². The van der Waals surface area contributed by atoms with Gasteiger partial charge in [0.05, 0.1) is 19.3 Å². The first-order valence-corrected chi connectivity index (χ1v) is 7.65. The van der Waals surface area contributed by atoms with E-state index in [-0.39, 0.29) is 0 Å². The predicted octanol–water partition coefficient (Wildman–Crippen LogP) is 3.53. The van der Waals surface area contributed by atoms with Gasteiger partial charge in [0.25, 0.3) is 0 Å². The number of nitrogens with zero attached hydrogens (tertiary/aromatic N) is 1. The minimum Gasteiger partial charge on any atom is -0.494 e. The van der Waals surface area contributed by atoms with Crippen molar-refractivity contribution in [1.29, 1.82) is 5.26 Å². The van der Waals surface area contributed by atoms with Crippen molar-refractivity contribution < 1.29 is 9.47 Å². The van der Waals surface area contributed by atoms with E-state index in [1.807, 2.05) is 45.0 Å². The number of nitriles is 1. The van der Waals surface area contributed by atoms with Crippen LogP contribution in [0, 0.1) is 11.3 Å². The van der Waals surface area contributed by atoms with Gasteiger partial charge in [0.1, 0.15) is 17.0 Å². The summed E-state index contributed by atoms with van der Waals surface area (Å²) in [6, 6.07) is 10.0. The third-order valence-electron chi connectivity index (χ3n) is 3.29. The molecule has 0 fully saturated rings. The van der Waals surface area contributed by atoms with Crippen LogP contribution >= 0.6 is 0 Å². The Morgan fingerprint density at radius 2 is 1.71 bits per heavy atom. The summed E-state index contributed by atoms with van der Waals surface area (Å²) in [5.74, 6) is 1.72. The first-order valence-electron chi connectivity index (χ1n) is 7.65. The summed E-state index contributed by atoms with van der Waals surface area (Å²) in [5.41, 5.74) is -0.423. The Kier molecular flexibility index (Phi) is 7.63. The van der Waals surface area contributed by atoms with Gasteiger partial charge in [-0.05, 0) is 63.9 Å². The van der Waals surface area contributed by atoms with Crippen molar-refractivity contribution in [2.45, 2.75) is 45.6 Å². The second-order valence-corrected chi connectivity index (χ2v) is 5.18. The Labute approximate surface area is 128 Å². The molecule has 0 bridgehead atoms. The van der Waals surface area contributed by atoms with Crippen molar-refractivity contribution in [2.24, 2.45) is 0 Å². The van der Waals surface area contributed by atoms with Gasteiger partial charge in [0.2, 0.25) is 0 Å². The highest BCUT2D eigenvalue weighted by Gasteiger charge is 2.21. The van der Waals surface area contributed by atoms with Gasteiger partial charge < -0.3 is 9.47 Å². The number of hydrogen-bond donors (Lipinski definition) is 1. The van der Waals surface area contributed by atoms with Crippen LogP contribution in [0.15, 0.2) is 24.3 Å². The van der Waals surface area contributed by atoms with E-state index in [1.54, 1.807) is 0 Å². The molecule has 1 aromatic rings. The molecule has 4 nitrogen and oxygen atoms in total. The Bertz CT molecular complexity index is 439. The third kappa shape index (κ3) is 6.50. The molecule has 0 amide bonds. The summed E-state index contributed by atoms with van der Waals surface area (Å²) in [7, 11) is 0. The van der Waals surface area contributed by atoms with Crippen molar-refractivity contribution in [3.8, 4) is 17.6 Å². The van der Waals surface area contributed by atoms with E-state index < -0.39 is 5.54 Å². The number of nitrogens with one attached hydrogen (secondary N) is 1. The van der Waals surface area contributed by atoms with Crippen LogP contribution in [-0.4, -0.2) is 25.3 Å². The molecule has 0 saturated carbocycles. The number of rotatable bonds is 10. The van der Waals surface area contributed by atoms with Gasteiger partial charge >= 0.3 is 0 Å². The van der Waals surface area contributed by atoms with Crippen LogP contribution in [0.2, 0.25) is 0 Å². The lowest BCUT2D eigenvalue weighted by molar-refractivity contribution is 0.294. The van der Waals surface area contributed by atoms with E-state index in [9.17, 15) is 0 Å². The summed E-state index contributed by atoms with van der Waals surface area (Å²) in [6.07, 6.45) is 2.74. The summed E-state index contributed by atoms with van der Waals surface area (Å²) >= 11 is 0. The molecule has 4 heteroatoms. The predicted molar refractivity (Wildman–Crippen MR) is 84.7 cm³/mol. The van der Waals surface area contributed by atoms with Gasteiger partial charge in [-0.3, -0.25) is 5.32 Å². The van der Waals surface area contributed by atoms with Crippen LogP contribution in [-0.2, 0) is 0 Å². The molecule has 1 unspecified atom stereocenters. The van der Waals surface area contributed by atoms with E-state index in [2.05, 4.69) is 11.4 Å². The summed E-state index contributed by atoms with van der Waals surface area (Å²) in [4.78, 5) is 0. The standard InChI is InChI=1S/C17H26N2O2/c1-4-19-17(3,14-18)12-6-7-13-21-16-10-8-15(9-11-16)20-5-2/h8-11,19H,4-7,12-13H2,1-3H3. The zero-order chi connectivity index (χ0) is 15.6. The lowest BCUT2D eigenvalue weighted by atomic mass is 9.97. The molecule has 1 atom stereocenters. The maximum Gasteiger partial charge on any atom is 0.119 e. The van der Waals surface area contributed by atoms with Crippen LogP contribution in [0.1, 0.15) is 40.0 Å². The Hall–Kier alpha value is -1.73. The van der Waals surface area contributed by atoms with Crippen molar-refractivity contribution >= 4 is 0 Å². The molecular formula is C17H26N2O2. The maximum atomic E-state index is 9.17. The van der Waals surface area contributed by atoms with E-state index in [0.29, 0.717) is 13.2 Å². The van der Waals surface area contributed by atoms with E-state index in [1.165, 1.54) is 0 Å². The minimum absolute atomic E-state index is 0.423. The van der Waals surface area contributed by atoms with Crippen molar-refractivity contribution in [3.05, 3.63) is 24.3 Å². The molecule has 0 spiro atoms. The first kappa shape index (κ1) is 17.3. The van der Waals surface area contributed by atoms with Gasteiger partial charge in [0, 0.05) is 0 Å². The van der Waals surface area contributed by atoms with E-state index >= 15 is 0 Å². The van der Waals surface area contributed by atoms with Crippen molar-refractivity contribution in [1.82, 2.24) is 5.32 Å². The molecule has 0 saturated heterocycles. The normalized spacial score (nSPS) is 13.2. The molecule has 1 N–H and O–H groups in total. The van der Waals surface area contributed by atoms with Crippen molar-refractivity contribution in [3.63, 3.8) is 0 Å². The van der Waals surface area contributed by atoms with E-state index in [4.69, 9.17) is 14.7 Å². The zero-order valence-corrected chi connectivity index (χ0v) is 13.3. The SMILES string of the molecule is CCNC(C)(C#N)CCCCOc1ccc(OCC)cc1. The fraction of sp³-hybridized carbons (Fsp3) is 0.588. The summed E-state index contributed by atoms with van der Waals surface area (Å²) < 4.78 is 11.1. The average Bonchev–Trinajstić information content (AvgIpc) is 2.49. The van der Waals surface area contributed by atoms with Crippen LogP contribution in [0.5, 0.6) is 11.5 Å². The Morgan fingerprint density at radius 1 is 1.10 bits per heavy atom. The first-order chi connectivity index (χ1) is 10.1. The fourth-order valence-corrected chi connectivity index (χ4v) is 2.14. The highest BCUT2D eigenvalue weighted by atomic mass is 16.5. The molecule has 116 valence electrons. The second kappa shape index (κ2) is 9.25. The van der Waals surface area contributed by atoms with Gasteiger partial charge in [0.15, 0.2) is 0 Å². The third-order valence-corrected chi connectivity index (χ3v) is 3.29. The average molecular weight is 290 g/mol. The number of benzene rings is 1. The van der Waals surface area contributed by atoms with Gasteiger partial charge in [-0.15, -0.1) is 0 Å². The molecule has 0 aliphatic rings. The Morgan fingerprint density at radius 3 is 2.24 bits per heavy atom. The highest BCUT2D eigenvalue weighted by Crippen LogP contribution is 2.18. The van der Waals surface area contributed by atoms with Crippen LogP contribution in [0.3, 0.4) is 0 Å². The van der Waals surface area contributed by atoms with Crippen LogP contribution in [0.25, 0.3) is 0 Å². The largest absolute Gasteiger partial charge is 0.494 e. The van der Waals surface area contributed by atoms with Gasteiger partial charge in [-0.1, -0.05) is 6.92 Å². The fourth-order valence-electron chi connectivity index (χ4n) is 2.14. The lowest BCUT2D eigenvalue weighted by Gasteiger charge is -2.22. The van der Waals surface area contributed by atoms with Crippen molar-refractivity contribution in [2.75, 3.05) is 19.8 Å². The zero-order valence-electron chi connectivity index (χ0n) is 13.3. The van der Waals surface area contributed by atoms with E-state index in [0.717, 1.165) is 37.3 Å². The smallest absolute Gasteiger partial charge is 0.119 e. The second-order valence-electron chi connectivity index (χ2n) is 5.18. The lowest BCUT2D eigenvalue weighted by Crippen LogP contribution is -2.40. The molecule has 0 aromatic heterocycles. The quantitative estimate of drug-likeness (QED) is 0.670. The molecule has 0 aliphatic heterocycles. The molecule has 21 heavy (non-hydrogen) atoms. The monoisotopic (exact) mass is 290 g/mol. The molecule has 0 heterocycles. The van der Waals surface area contributed by atoms with Crippen LogP contribution in [0.4, 0.5) is 0 Å². The number of hydrogen-bond acceptors (Lipinski definition) is 4. The minimum atomic E-state index is -0.423. The molecule has 1 aromatic carbocycles. The molecule has 0 radical (unpaired) electrons.